The highest BCUT2D eigenvalue weighted by Gasteiger charge is 2.33. The molecule has 3 aromatic rings. The van der Waals surface area contributed by atoms with Gasteiger partial charge in [0, 0.05) is 13.1 Å². The minimum atomic E-state index is -4.17. The molecular formula is C30H37N3O5S. The van der Waals surface area contributed by atoms with Crippen molar-refractivity contribution < 1.29 is 22.7 Å². The van der Waals surface area contributed by atoms with Gasteiger partial charge in [-0.1, -0.05) is 68.4 Å². The number of benzene rings is 3. The Morgan fingerprint density at radius 2 is 1.54 bits per heavy atom. The Bertz CT molecular complexity index is 1360. The number of sulfonamides is 1. The molecule has 0 spiro atoms. The highest BCUT2D eigenvalue weighted by atomic mass is 32.2. The predicted octanol–water partition coefficient (Wildman–Crippen LogP) is 4.39. The summed E-state index contributed by atoms with van der Waals surface area (Å²) < 4.78 is 34.4. The van der Waals surface area contributed by atoms with E-state index in [2.05, 4.69) is 5.32 Å². The minimum Gasteiger partial charge on any atom is -0.495 e. The molecule has 0 radical (unpaired) electrons. The van der Waals surface area contributed by atoms with Gasteiger partial charge >= 0.3 is 0 Å². The lowest BCUT2D eigenvalue weighted by Crippen LogP contribution is -2.51. The molecule has 3 rings (SSSR count). The molecule has 0 saturated carbocycles. The Hall–Kier alpha value is -3.85. The van der Waals surface area contributed by atoms with Gasteiger partial charge in [0.2, 0.25) is 11.8 Å². The van der Waals surface area contributed by atoms with Gasteiger partial charge in [-0.15, -0.1) is 0 Å². The standard InChI is InChI=1S/C30H37N3O5S/c1-22(2)19-31-30(35)24(4)32(20-25-12-8-6-9-13-25)29(34)21-33(27-18-23(3)16-17-28(27)38-5)39(36,37)26-14-10-7-11-15-26/h6-18,22,24H,19-21H2,1-5H3,(H,31,35)/t24-/m0/s1. The zero-order valence-electron chi connectivity index (χ0n) is 23.1. The summed E-state index contributed by atoms with van der Waals surface area (Å²) in [6.07, 6.45) is 0. The molecule has 1 N–H and O–H groups in total. The molecule has 1 atom stereocenters. The van der Waals surface area contributed by atoms with Crippen LogP contribution in [0.4, 0.5) is 5.69 Å². The topological polar surface area (TPSA) is 96.0 Å². The summed E-state index contributed by atoms with van der Waals surface area (Å²) >= 11 is 0. The van der Waals surface area contributed by atoms with Crippen molar-refractivity contribution in [2.75, 3.05) is 24.5 Å². The van der Waals surface area contributed by atoms with Crippen LogP contribution in [0.5, 0.6) is 5.75 Å². The summed E-state index contributed by atoms with van der Waals surface area (Å²) in [5.74, 6) is -0.280. The lowest BCUT2D eigenvalue weighted by molar-refractivity contribution is -0.139. The molecule has 0 aliphatic rings. The van der Waals surface area contributed by atoms with Gasteiger partial charge in [0.1, 0.15) is 18.3 Å². The van der Waals surface area contributed by atoms with Gasteiger partial charge < -0.3 is 15.0 Å². The Labute approximate surface area is 231 Å². The van der Waals surface area contributed by atoms with Gasteiger partial charge in [-0.05, 0) is 55.2 Å². The van der Waals surface area contributed by atoms with Gasteiger partial charge in [-0.3, -0.25) is 13.9 Å². The smallest absolute Gasteiger partial charge is 0.264 e. The van der Waals surface area contributed by atoms with Gasteiger partial charge in [-0.2, -0.15) is 0 Å². The van der Waals surface area contributed by atoms with Crippen molar-refractivity contribution >= 4 is 27.5 Å². The normalized spacial score (nSPS) is 12.1. The summed E-state index contributed by atoms with van der Waals surface area (Å²) in [6, 6.07) is 21.6. The molecule has 0 saturated heterocycles. The second-order valence-corrected chi connectivity index (χ2v) is 11.7. The molecule has 0 unspecified atom stereocenters. The van der Waals surface area contributed by atoms with Crippen LogP contribution < -0.4 is 14.4 Å². The Morgan fingerprint density at radius 1 is 0.923 bits per heavy atom. The third kappa shape index (κ3) is 7.60. The number of amides is 2. The van der Waals surface area contributed by atoms with Crippen molar-refractivity contribution in [3.05, 3.63) is 90.0 Å². The number of ether oxygens (including phenoxy) is 1. The number of rotatable bonds is 12. The van der Waals surface area contributed by atoms with Crippen molar-refractivity contribution in [1.29, 1.82) is 0 Å². The van der Waals surface area contributed by atoms with Gasteiger partial charge in [0.05, 0.1) is 17.7 Å². The molecule has 0 bridgehead atoms. The average Bonchev–Trinajstić information content (AvgIpc) is 2.93. The van der Waals surface area contributed by atoms with Crippen LogP contribution in [0, 0.1) is 12.8 Å². The molecule has 8 nitrogen and oxygen atoms in total. The van der Waals surface area contributed by atoms with E-state index >= 15 is 0 Å². The number of aryl methyl sites for hydroxylation is 1. The number of hydrogen-bond donors (Lipinski definition) is 1. The summed E-state index contributed by atoms with van der Waals surface area (Å²) in [5, 5.41) is 2.89. The van der Waals surface area contributed by atoms with Crippen LogP contribution in [0.2, 0.25) is 0 Å². The predicted molar refractivity (Wildman–Crippen MR) is 153 cm³/mol. The molecule has 208 valence electrons. The lowest BCUT2D eigenvalue weighted by Gasteiger charge is -2.32. The summed E-state index contributed by atoms with van der Waals surface area (Å²) in [6.45, 7) is 7.54. The van der Waals surface area contributed by atoms with Gasteiger partial charge in [0.15, 0.2) is 0 Å². The van der Waals surface area contributed by atoms with E-state index in [9.17, 15) is 18.0 Å². The van der Waals surface area contributed by atoms with E-state index in [1.165, 1.54) is 24.1 Å². The van der Waals surface area contributed by atoms with Crippen molar-refractivity contribution in [3.63, 3.8) is 0 Å². The number of anilines is 1. The monoisotopic (exact) mass is 551 g/mol. The molecule has 0 fully saturated rings. The molecule has 39 heavy (non-hydrogen) atoms. The van der Waals surface area contributed by atoms with E-state index in [0.717, 1.165) is 15.4 Å². The summed E-state index contributed by atoms with van der Waals surface area (Å²) in [5.41, 5.74) is 1.86. The number of carbonyl (C=O) groups excluding carboxylic acids is 2. The van der Waals surface area contributed by atoms with E-state index in [1.54, 1.807) is 43.3 Å². The first-order valence-corrected chi connectivity index (χ1v) is 14.3. The SMILES string of the molecule is COc1ccc(C)cc1N(CC(=O)N(Cc1ccccc1)[C@@H](C)C(=O)NCC(C)C)S(=O)(=O)c1ccccc1. The second-order valence-electron chi connectivity index (χ2n) is 9.82. The highest BCUT2D eigenvalue weighted by Crippen LogP contribution is 2.33. The summed E-state index contributed by atoms with van der Waals surface area (Å²) in [7, 11) is -2.72. The van der Waals surface area contributed by atoms with Gasteiger partial charge in [-0.25, -0.2) is 8.42 Å². The number of methoxy groups -OCH3 is 1. The summed E-state index contributed by atoms with van der Waals surface area (Å²) in [4.78, 5) is 28.5. The van der Waals surface area contributed by atoms with Crippen LogP contribution in [0.25, 0.3) is 0 Å². The van der Waals surface area contributed by atoms with Crippen molar-refractivity contribution in [2.24, 2.45) is 5.92 Å². The Kier molecular flexibility index (Phi) is 10.1. The Morgan fingerprint density at radius 3 is 2.13 bits per heavy atom. The number of hydrogen-bond acceptors (Lipinski definition) is 5. The van der Waals surface area contributed by atoms with E-state index in [0.29, 0.717) is 12.3 Å². The van der Waals surface area contributed by atoms with Crippen molar-refractivity contribution in [3.8, 4) is 5.75 Å². The van der Waals surface area contributed by atoms with Gasteiger partial charge in [0.25, 0.3) is 10.0 Å². The third-order valence-corrected chi connectivity index (χ3v) is 8.03. The molecule has 3 aromatic carbocycles. The fourth-order valence-electron chi connectivity index (χ4n) is 4.04. The fourth-order valence-corrected chi connectivity index (χ4v) is 5.48. The second kappa shape index (κ2) is 13.3. The molecule has 0 heterocycles. The molecule has 0 aliphatic heterocycles. The van der Waals surface area contributed by atoms with Crippen LogP contribution in [-0.4, -0.2) is 51.4 Å². The lowest BCUT2D eigenvalue weighted by atomic mass is 10.1. The van der Waals surface area contributed by atoms with Crippen LogP contribution >= 0.6 is 0 Å². The maximum absolute atomic E-state index is 14.0. The van der Waals surface area contributed by atoms with Crippen molar-refractivity contribution in [2.45, 2.75) is 45.2 Å². The van der Waals surface area contributed by atoms with Crippen LogP contribution in [-0.2, 0) is 26.2 Å². The van der Waals surface area contributed by atoms with Crippen LogP contribution in [0.3, 0.4) is 0 Å². The quantitative estimate of drug-likeness (QED) is 0.360. The first kappa shape index (κ1) is 29.7. The third-order valence-electron chi connectivity index (χ3n) is 6.26. The molecule has 0 aliphatic carbocycles. The molecular weight excluding hydrogens is 514 g/mol. The highest BCUT2D eigenvalue weighted by molar-refractivity contribution is 7.92. The van der Waals surface area contributed by atoms with E-state index in [4.69, 9.17) is 4.74 Å². The van der Waals surface area contributed by atoms with E-state index in [1.807, 2.05) is 51.1 Å². The number of nitrogens with zero attached hydrogens (tertiary/aromatic N) is 2. The largest absolute Gasteiger partial charge is 0.495 e. The average molecular weight is 552 g/mol. The molecule has 9 heteroatoms. The number of nitrogens with one attached hydrogen (secondary N) is 1. The van der Waals surface area contributed by atoms with Crippen LogP contribution in [0.15, 0.2) is 83.8 Å². The Balaban J connectivity index is 2.05. The maximum Gasteiger partial charge on any atom is 0.264 e. The van der Waals surface area contributed by atoms with Crippen LogP contribution in [0.1, 0.15) is 31.9 Å². The fraction of sp³-hybridized carbons (Fsp3) is 0.333. The number of carbonyl (C=O) groups is 2. The molecule has 2 amide bonds. The first-order valence-electron chi connectivity index (χ1n) is 12.9. The maximum atomic E-state index is 14.0. The zero-order valence-corrected chi connectivity index (χ0v) is 23.9. The minimum absolute atomic E-state index is 0.0405. The zero-order chi connectivity index (χ0) is 28.6. The van der Waals surface area contributed by atoms with Crippen molar-refractivity contribution in [1.82, 2.24) is 10.2 Å². The molecule has 0 aromatic heterocycles. The first-order chi connectivity index (χ1) is 18.5. The van der Waals surface area contributed by atoms with E-state index in [-0.39, 0.29) is 29.0 Å². The van der Waals surface area contributed by atoms with E-state index < -0.39 is 28.5 Å².